The first-order valence-corrected chi connectivity index (χ1v) is 9.36. The van der Waals surface area contributed by atoms with E-state index < -0.39 is 0 Å². The molecule has 6 nitrogen and oxygen atoms in total. The lowest BCUT2D eigenvalue weighted by Crippen LogP contribution is -2.36. The molecular formula is C20H17BrN4O2. The summed E-state index contributed by atoms with van der Waals surface area (Å²) in [6.45, 7) is 0.522. The molecule has 1 atom stereocenters. The van der Waals surface area contributed by atoms with Crippen molar-refractivity contribution < 1.29 is 9.59 Å². The molecule has 1 fully saturated rings. The Morgan fingerprint density at radius 3 is 2.70 bits per heavy atom. The number of pyridine rings is 2. The molecule has 1 N–H and O–H groups in total. The minimum absolute atomic E-state index is 0.0418. The fourth-order valence-corrected chi connectivity index (χ4v) is 3.64. The zero-order chi connectivity index (χ0) is 19.0. The van der Waals surface area contributed by atoms with Crippen molar-refractivity contribution in [3.63, 3.8) is 0 Å². The van der Waals surface area contributed by atoms with Crippen molar-refractivity contribution in [3.05, 3.63) is 58.8 Å². The van der Waals surface area contributed by atoms with Crippen molar-refractivity contribution >= 4 is 38.6 Å². The fourth-order valence-electron chi connectivity index (χ4n) is 3.28. The van der Waals surface area contributed by atoms with Crippen molar-refractivity contribution in [1.29, 1.82) is 0 Å². The number of nitrogens with zero attached hydrogens (tertiary/aromatic N) is 3. The molecule has 0 saturated carbocycles. The number of amides is 2. The third kappa shape index (κ3) is 3.55. The summed E-state index contributed by atoms with van der Waals surface area (Å²) in [5.41, 5.74) is 2.86. The largest absolute Gasteiger partial charge is 0.347 e. The number of nitrogens with one attached hydrogen (secondary N) is 1. The molecule has 1 aliphatic heterocycles. The van der Waals surface area contributed by atoms with Crippen LogP contribution in [0.1, 0.15) is 16.8 Å². The van der Waals surface area contributed by atoms with Crippen molar-refractivity contribution in [2.45, 2.75) is 12.5 Å². The van der Waals surface area contributed by atoms with Gasteiger partial charge in [0.15, 0.2) is 0 Å². The summed E-state index contributed by atoms with van der Waals surface area (Å²) in [4.78, 5) is 35.1. The van der Waals surface area contributed by atoms with Crippen LogP contribution in [0.5, 0.6) is 0 Å². The van der Waals surface area contributed by atoms with Crippen LogP contribution in [0.4, 0.5) is 0 Å². The van der Waals surface area contributed by atoms with Crippen LogP contribution in [0.25, 0.3) is 22.2 Å². The number of halogens is 1. The lowest BCUT2D eigenvalue weighted by molar-refractivity contribution is -0.126. The average molecular weight is 425 g/mol. The zero-order valence-electron chi connectivity index (χ0n) is 14.6. The van der Waals surface area contributed by atoms with Crippen molar-refractivity contribution in [1.82, 2.24) is 20.2 Å². The molecule has 3 aromatic rings. The number of benzene rings is 1. The molecule has 0 aliphatic carbocycles. The quantitative estimate of drug-likeness (QED) is 0.700. The Kier molecular flexibility index (Phi) is 4.61. The molecule has 2 amide bonds. The second kappa shape index (κ2) is 7.08. The smallest absolute Gasteiger partial charge is 0.252 e. The number of hydrogen-bond acceptors (Lipinski definition) is 4. The van der Waals surface area contributed by atoms with Gasteiger partial charge in [0.25, 0.3) is 5.91 Å². The third-order valence-corrected chi connectivity index (χ3v) is 5.16. The maximum Gasteiger partial charge on any atom is 0.252 e. The molecule has 4 rings (SSSR count). The number of hydrogen-bond donors (Lipinski definition) is 1. The van der Waals surface area contributed by atoms with Gasteiger partial charge < -0.3 is 10.2 Å². The topological polar surface area (TPSA) is 75.2 Å². The standard InChI is InChI=1S/C20H17BrN4O2/c1-25-11-14(9-19(25)26)23-20(27)16-10-18(12-4-6-22-7-5-12)24-17-3-2-13(21)8-15(16)17/h2-8,10,14H,9,11H2,1H3,(H,23,27). The number of carbonyl (C=O) groups excluding carboxylic acids is 2. The molecule has 27 heavy (non-hydrogen) atoms. The van der Waals surface area contributed by atoms with E-state index >= 15 is 0 Å². The van der Waals surface area contributed by atoms with E-state index in [0.29, 0.717) is 24.2 Å². The van der Waals surface area contributed by atoms with Crippen molar-refractivity contribution in [3.8, 4) is 11.3 Å². The molecule has 0 bridgehead atoms. The fraction of sp³-hybridized carbons (Fsp3) is 0.200. The van der Waals surface area contributed by atoms with E-state index in [1.165, 1.54) is 0 Å². The Balaban J connectivity index is 1.76. The Morgan fingerprint density at radius 1 is 1.22 bits per heavy atom. The molecule has 1 aliphatic rings. The van der Waals surface area contributed by atoms with E-state index in [1.54, 1.807) is 30.4 Å². The van der Waals surface area contributed by atoms with Crippen LogP contribution in [0.15, 0.2) is 53.3 Å². The number of aromatic nitrogens is 2. The van der Waals surface area contributed by atoms with Gasteiger partial charge in [0.1, 0.15) is 0 Å². The molecule has 0 spiro atoms. The van der Waals surface area contributed by atoms with Crippen LogP contribution in [0.3, 0.4) is 0 Å². The van der Waals surface area contributed by atoms with Crippen LogP contribution in [0, 0.1) is 0 Å². The molecule has 1 saturated heterocycles. The van der Waals surface area contributed by atoms with Gasteiger partial charge in [-0.05, 0) is 36.4 Å². The van der Waals surface area contributed by atoms with E-state index in [1.807, 2.05) is 30.3 Å². The molecule has 0 radical (unpaired) electrons. The van der Waals surface area contributed by atoms with E-state index in [4.69, 9.17) is 4.98 Å². The SMILES string of the molecule is CN1CC(NC(=O)c2cc(-c3ccncc3)nc3ccc(Br)cc23)CC1=O. The predicted octanol–water partition coefficient (Wildman–Crippen LogP) is 3.02. The highest BCUT2D eigenvalue weighted by atomic mass is 79.9. The Bertz CT molecular complexity index is 1040. The summed E-state index contributed by atoms with van der Waals surface area (Å²) in [5, 5.41) is 3.75. The van der Waals surface area contributed by atoms with E-state index in [9.17, 15) is 9.59 Å². The highest BCUT2D eigenvalue weighted by Crippen LogP contribution is 2.27. The van der Waals surface area contributed by atoms with Crippen LogP contribution < -0.4 is 5.32 Å². The Labute approximate surface area is 164 Å². The average Bonchev–Trinajstić information content (AvgIpc) is 2.98. The summed E-state index contributed by atoms with van der Waals surface area (Å²) in [5.74, 6) is -0.163. The van der Waals surface area contributed by atoms with Gasteiger partial charge in [-0.3, -0.25) is 14.6 Å². The molecule has 3 heterocycles. The molecule has 1 unspecified atom stereocenters. The van der Waals surface area contributed by atoms with Gasteiger partial charge in [0, 0.05) is 47.8 Å². The number of fused-ring (bicyclic) bond motifs is 1. The highest BCUT2D eigenvalue weighted by Gasteiger charge is 2.28. The molecular weight excluding hydrogens is 408 g/mol. The molecule has 1 aromatic carbocycles. The van der Waals surface area contributed by atoms with Crippen LogP contribution in [-0.4, -0.2) is 46.3 Å². The second-order valence-electron chi connectivity index (χ2n) is 6.60. The lowest BCUT2D eigenvalue weighted by Gasteiger charge is -2.15. The molecule has 7 heteroatoms. The summed E-state index contributed by atoms with van der Waals surface area (Å²) in [6.07, 6.45) is 3.72. The Morgan fingerprint density at radius 2 is 2.00 bits per heavy atom. The minimum Gasteiger partial charge on any atom is -0.347 e. The first-order chi connectivity index (χ1) is 13.0. The number of likely N-dealkylation sites (tertiary alicyclic amines) is 1. The Hall–Kier alpha value is -2.80. The van der Waals surface area contributed by atoms with Gasteiger partial charge in [-0.2, -0.15) is 0 Å². The summed E-state index contributed by atoms with van der Waals surface area (Å²) >= 11 is 3.46. The minimum atomic E-state index is -0.205. The van der Waals surface area contributed by atoms with Gasteiger partial charge >= 0.3 is 0 Å². The summed E-state index contributed by atoms with van der Waals surface area (Å²) in [7, 11) is 1.75. The lowest BCUT2D eigenvalue weighted by atomic mass is 10.0. The second-order valence-corrected chi connectivity index (χ2v) is 7.52. The monoisotopic (exact) mass is 424 g/mol. The number of likely N-dealkylation sites (N-methyl/N-ethyl adjacent to an activating group) is 1. The van der Waals surface area contributed by atoms with Crippen molar-refractivity contribution in [2.24, 2.45) is 0 Å². The van der Waals surface area contributed by atoms with E-state index in [-0.39, 0.29) is 17.9 Å². The number of carbonyl (C=O) groups is 2. The maximum absolute atomic E-state index is 13.0. The first kappa shape index (κ1) is 17.6. The van der Waals surface area contributed by atoms with Gasteiger partial charge in [0.2, 0.25) is 5.91 Å². The summed E-state index contributed by atoms with van der Waals surface area (Å²) in [6, 6.07) is 11.0. The van der Waals surface area contributed by atoms with Gasteiger partial charge in [-0.15, -0.1) is 0 Å². The van der Waals surface area contributed by atoms with Gasteiger partial charge in [-0.1, -0.05) is 15.9 Å². The van der Waals surface area contributed by atoms with E-state index in [2.05, 4.69) is 26.2 Å². The summed E-state index contributed by atoms with van der Waals surface area (Å²) < 4.78 is 0.873. The molecule has 2 aromatic heterocycles. The highest BCUT2D eigenvalue weighted by molar-refractivity contribution is 9.10. The van der Waals surface area contributed by atoms with E-state index in [0.717, 1.165) is 20.9 Å². The van der Waals surface area contributed by atoms with Gasteiger partial charge in [-0.25, -0.2) is 4.98 Å². The van der Waals surface area contributed by atoms with Crippen LogP contribution in [0.2, 0.25) is 0 Å². The molecule has 136 valence electrons. The predicted molar refractivity (Wildman–Crippen MR) is 106 cm³/mol. The first-order valence-electron chi connectivity index (χ1n) is 8.57. The van der Waals surface area contributed by atoms with Gasteiger partial charge in [0.05, 0.1) is 22.8 Å². The van der Waals surface area contributed by atoms with Crippen LogP contribution >= 0.6 is 15.9 Å². The number of rotatable bonds is 3. The zero-order valence-corrected chi connectivity index (χ0v) is 16.2. The van der Waals surface area contributed by atoms with Crippen molar-refractivity contribution in [2.75, 3.05) is 13.6 Å². The normalized spacial score (nSPS) is 16.7. The third-order valence-electron chi connectivity index (χ3n) is 4.67. The maximum atomic E-state index is 13.0. The van der Waals surface area contributed by atoms with Crippen LogP contribution in [-0.2, 0) is 4.79 Å².